The molecule has 0 aliphatic rings. The van der Waals surface area contributed by atoms with Gasteiger partial charge in [0.25, 0.3) is 5.91 Å². The quantitative estimate of drug-likeness (QED) is 0.641. The summed E-state index contributed by atoms with van der Waals surface area (Å²) >= 11 is 1.69. The Balaban J connectivity index is 1.53. The molecule has 1 aromatic carbocycles. The maximum Gasteiger partial charge on any atom is 0.251 e. The van der Waals surface area contributed by atoms with E-state index in [1.54, 1.807) is 42.5 Å². The van der Waals surface area contributed by atoms with Crippen molar-refractivity contribution >= 4 is 17.2 Å². The number of thiophene rings is 1. The lowest BCUT2D eigenvalue weighted by molar-refractivity contribution is 0.0942. The molecule has 0 aliphatic carbocycles. The molecule has 27 heavy (non-hydrogen) atoms. The first-order valence-corrected chi connectivity index (χ1v) is 9.41. The van der Waals surface area contributed by atoms with Gasteiger partial charge in [-0.1, -0.05) is 11.2 Å². The molecule has 1 N–H and O–H groups in total. The van der Waals surface area contributed by atoms with E-state index in [9.17, 15) is 4.79 Å². The fourth-order valence-corrected chi connectivity index (χ4v) is 3.48. The molecule has 142 valence electrons. The predicted molar refractivity (Wildman–Crippen MR) is 103 cm³/mol. The number of aryl methyl sites for hydroxylation is 1. The summed E-state index contributed by atoms with van der Waals surface area (Å²) in [5, 5.41) is 8.82. The minimum Gasteiger partial charge on any atom is -0.485 e. The lowest BCUT2D eigenvalue weighted by Gasteiger charge is -2.23. The van der Waals surface area contributed by atoms with Crippen molar-refractivity contribution in [1.82, 2.24) is 20.4 Å². The highest BCUT2D eigenvalue weighted by atomic mass is 32.1. The van der Waals surface area contributed by atoms with E-state index in [0.717, 1.165) is 0 Å². The second kappa shape index (κ2) is 8.79. The number of hydrogen-bond acceptors (Lipinski definition) is 7. The molecule has 3 aromatic rings. The second-order valence-corrected chi connectivity index (χ2v) is 7.23. The molecule has 1 amide bonds. The SMILES string of the molecule is Cc1nc(COc2ccc(C(=O)NC[C@@H](c3cccs3)N(C)C)cc2)no1. The monoisotopic (exact) mass is 386 g/mol. The van der Waals surface area contributed by atoms with Gasteiger partial charge in [-0.15, -0.1) is 11.3 Å². The van der Waals surface area contributed by atoms with Crippen LogP contribution in [0.1, 0.15) is 33.0 Å². The molecule has 0 spiro atoms. The van der Waals surface area contributed by atoms with Crippen molar-refractivity contribution in [3.63, 3.8) is 0 Å². The highest BCUT2D eigenvalue weighted by Gasteiger charge is 2.16. The zero-order chi connectivity index (χ0) is 19.2. The molecule has 0 radical (unpaired) electrons. The van der Waals surface area contributed by atoms with E-state index in [0.29, 0.717) is 29.6 Å². The van der Waals surface area contributed by atoms with Crippen molar-refractivity contribution < 1.29 is 14.1 Å². The van der Waals surface area contributed by atoms with E-state index in [1.165, 1.54) is 4.88 Å². The lowest BCUT2D eigenvalue weighted by atomic mass is 10.2. The first-order chi connectivity index (χ1) is 13.0. The Morgan fingerprint density at radius 1 is 1.30 bits per heavy atom. The van der Waals surface area contributed by atoms with Gasteiger partial charge in [-0.25, -0.2) is 0 Å². The topological polar surface area (TPSA) is 80.5 Å². The van der Waals surface area contributed by atoms with E-state index in [1.807, 2.05) is 25.5 Å². The number of carbonyl (C=O) groups is 1. The van der Waals surface area contributed by atoms with E-state index in [4.69, 9.17) is 9.26 Å². The van der Waals surface area contributed by atoms with Crippen molar-refractivity contribution in [2.45, 2.75) is 19.6 Å². The normalized spacial score (nSPS) is 12.1. The number of nitrogens with zero attached hydrogens (tertiary/aromatic N) is 3. The molecular formula is C19H22N4O3S. The lowest BCUT2D eigenvalue weighted by Crippen LogP contribution is -2.34. The van der Waals surface area contributed by atoms with Gasteiger partial charge in [0.2, 0.25) is 11.7 Å². The van der Waals surface area contributed by atoms with Crippen LogP contribution in [-0.4, -0.2) is 41.6 Å². The Bertz CT molecular complexity index is 859. The van der Waals surface area contributed by atoms with Crippen molar-refractivity contribution in [2.24, 2.45) is 0 Å². The van der Waals surface area contributed by atoms with Crippen LogP contribution in [0.5, 0.6) is 5.75 Å². The van der Waals surface area contributed by atoms with Crippen molar-refractivity contribution in [1.29, 1.82) is 0 Å². The zero-order valence-electron chi connectivity index (χ0n) is 15.5. The van der Waals surface area contributed by atoms with E-state index >= 15 is 0 Å². The molecule has 0 saturated carbocycles. The van der Waals surface area contributed by atoms with Gasteiger partial charge in [0, 0.05) is 23.9 Å². The van der Waals surface area contributed by atoms with Crippen molar-refractivity contribution in [3.05, 3.63) is 63.9 Å². The summed E-state index contributed by atoms with van der Waals surface area (Å²) in [6.45, 7) is 2.49. The summed E-state index contributed by atoms with van der Waals surface area (Å²) < 4.78 is 10.5. The summed E-state index contributed by atoms with van der Waals surface area (Å²) in [5.74, 6) is 1.51. The maximum atomic E-state index is 12.4. The predicted octanol–water partition coefficient (Wildman–Crippen LogP) is 3.05. The molecular weight excluding hydrogens is 364 g/mol. The Morgan fingerprint density at radius 2 is 2.07 bits per heavy atom. The molecule has 1 atom stereocenters. The van der Waals surface area contributed by atoms with Crippen LogP contribution < -0.4 is 10.1 Å². The van der Waals surface area contributed by atoms with Crippen LogP contribution in [-0.2, 0) is 6.61 Å². The second-order valence-electron chi connectivity index (χ2n) is 6.25. The average Bonchev–Trinajstić information content (AvgIpc) is 3.32. The fraction of sp³-hybridized carbons (Fsp3) is 0.316. The number of benzene rings is 1. The van der Waals surface area contributed by atoms with Crippen LogP contribution in [0.4, 0.5) is 0 Å². The highest BCUT2D eigenvalue weighted by Crippen LogP contribution is 2.22. The number of carbonyl (C=O) groups excluding carboxylic acids is 1. The Kier molecular flexibility index (Phi) is 6.20. The Hall–Kier alpha value is -2.71. The van der Waals surface area contributed by atoms with Crippen LogP contribution in [0.2, 0.25) is 0 Å². The van der Waals surface area contributed by atoms with Crippen LogP contribution in [0.15, 0.2) is 46.3 Å². The molecule has 2 heterocycles. The number of hydrogen-bond donors (Lipinski definition) is 1. The first kappa shape index (κ1) is 19.1. The summed E-state index contributed by atoms with van der Waals surface area (Å²) in [4.78, 5) is 19.8. The number of aromatic nitrogens is 2. The Labute approximate surface area is 162 Å². The smallest absolute Gasteiger partial charge is 0.251 e. The summed E-state index contributed by atoms with van der Waals surface area (Å²) in [6, 6.07) is 11.2. The summed E-state index contributed by atoms with van der Waals surface area (Å²) in [5.41, 5.74) is 0.585. The number of nitrogens with one attached hydrogen (secondary N) is 1. The zero-order valence-corrected chi connectivity index (χ0v) is 16.3. The molecule has 0 aliphatic heterocycles. The van der Waals surface area contributed by atoms with E-state index in [2.05, 4.69) is 26.4 Å². The third-order valence-corrected chi connectivity index (χ3v) is 4.98. The van der Waals surface area contributed by atoms with Gasteiger partial charge < -0.3 is 19.5 Å². The van der Waals surface area contributed by atoms with Gasteiger partial charge >= 0.3 is 0 Å². The molecule has 0 unspecified atom stereocenters. The number of likely N-dealkylation sites (N-methyl/N-ethyl adjacent to an activating group) is 1. The van der Waals surface area contributed by atoms with Crippen LogP contribution in [0.25, 0.3) is 0 Å². The summed E-state index contributed by atoms with van der Waals surface area (Å²) in [7, 11) is 4.02. The number of rotatable bonds is 8. The first-order valence-electron chi connectivity index (χ1n) is 8.53. The molecule has 3 rings (SSSR count). The average molecular weight is 386 g/mol. The van der Waals surface area contributed by atoms with Gasteiger partial charge in [-0.3, -0.25) is 4.79 Å². The van der Waals surface area contributed by atoms with Crippen molar-refractivity contribution in [2.75, 3.05) is 20.6 Å². The largest absolute Gasteiger partial charge is 0.485 e. The molecule has 0 saturated heterocycles. The van der Waals surface area contributed by atoms with Crippen molar-refractivity contribution in [3.8, 4) is 5.75 Å². The van der Waals surface area contributed by atoms with Crippen LogP contribution in [0.3, 0.4) is 0 Å². The van der Waals surface area contributed by atoms with Gasteiger partial charge in [-0.2, -0.15) is 4.98 Å². The third kappa shape index (κ3) is 5.15. The van der Waals surface area contributed by atoms with E-state index < -0.39 is 0 Å². The highest BCUT2D eigenvalue weighted by molar-refractivity contribution is 7.10. The van der Waals surface area contributed by atoms with Gasteiger partial charge in [0.1, 0.15) is 5.75 Å². The van der Waals surface area contributed by atoms with Crippen LogP contribution in [0, 0.1) is 6.92 Å². The molecule has 2 aromatic heterocycles. The maximum absolute atomic E-state index is 12.4. The molecule has 0 bridgehead atoms. The molecule has 7 nitrogen and oxygen atoms in total. The summed E-state index contributed by atoms with van der Waals surface area (Å²) in [6.07, 6.45) is 0. The minimum atomic E-state index is -0.112. The standard InChI is InChI=1S/C19H22N4O3S/c1-13-21-18(22-26-13)12-25-15-8-6-14(7-9-15)19(24)20-11-16(23(2)3)17-5-4-10-27-17/h4-10,16H,11-12H2,1-3H3,(H,20,24)/t16-/m0/s1. The van der Waals surface area contributed by atoms with Gasteiger partial charge in [0.15, 0.2) is 6.61 Å². The third-order valence-electron chi connectivity index (χ3n) is 4.00. The van der Waals surface area contributed by atoms with Gasteiger partial charge in [-0.05, 0) is 49.8 Å². The van der Waals surface area contributed by atoms with Crippen LogP contribution >= 0.6 is 11.3 Å². The molecule has 8 heteroatoms. The van der Waals surface area contributed by atoms with E-state index in [-0.39, 0.29) is 18.6 Å². The molecule has 0 fully saturated rings. The Morgan fingerprint density at radius 3 is 2.67 bits per heavy atom. The number of amides is 1. The fourth-order valence-electron chi connectivity index (χ4n) is 2.56. The minimum absolute atomic E-state index is 0.112. The number of ether oxygens (including phenoxy) is 1. The van der Waals surface area contributed by atoms with Gasteiger partial charge in [0.05, 0.1) is 6.04 Å².